The lowest BCUT2D eigenvalue weighted by molar-refractivity contribution is -0.140. The van der Waals surface area contributed by atoms with E-state index in [2.05, 4.69) is 5.32 Å². The van der Waals surface area contributed by atoms with Crippen LogP contribution in [0.25, 0.3) is 0 Å². The largest absolute Gasteiger partial charge is 0.350 e. The number of benzene rings is 2. The van der Waals surface area contributed by atoms with Crippen molar-refractivity contribution in [3.8, 4) is 0 Å². The first-order chi connectivity index (χ1) is 15.8. The van der Waals surface area contributed by atoms with E-state index < -0.39 is 27.5 Å². The normalized spacial score (nSPS) is 12.6. The van der Waals surface area contributed by atoms with Gasteiger partial charge in [0.2, 0.25) is 21.8 Å². The molecular weight excluding hydrogens is 450 g/mol. The number of carbonyl (C=O) groups is 2. The molecule has 186 valence electrons. The molecule has 0 aliphatic carbocycles. The van der Waals surface area contributed by atoms with Crippen LogP contribution >= 0.6 is 0 Å². The maximum atomic E-state index is 13.6. The second-order valence-electron chi connectivity index (χ2n) is 9.59. The van der Waals surface area contributed by atoms with E-state index >= 15 is 0 Å². The highest BCUT2D eigenvalue weighted by molar-refractivity contribution is 7.92. The third kappa shape index (κ3) is 8.17. The van der Waals surface area contributed by atoms with Crippen molar-refractivity contribution in [2.45, 2.75) is 59.0 Å². The summed E-state index contributed by atoms with van der Waals surface area (Å²) in [5, 5.41) is 2.96. The first-order valence-corrected chi connectivity index (χ1v) is 13.4. The third-order valence-corrected chi connectivity index (χ3v) is 6.51. The van der Waals surface area contributed by atoms with E-state index in [1.54, 1.807) is 24.3 Å². The molecule has 0 aliphatic heterocycles. The van der Waals surface area contributed by atoms with Gasteiger partial charge in [-0.1, -0.05) is 55.0 Å². The second kappa shape index (κ2) is 11.5. The number of carbonyl (C=O) groups excluding carboxylic acids is 2. The topological polar surface area (TPSA) is 86.8 Å². The molecule has 34 heavy (non-hydrogen) atoms. The molecule has 0 aliphatic rings. The molecule has 0 heterocycles. The molecule has 7 nitrogen and oxygen atoms in total. The number of amides is 2. The van der Waals surface area contributed by atoms with E-state index in [9.17, 15) is 18.0 Å². The second-order valence-corrected chi connectivity index (χ2v) is 11.5. The number of anilines is 1. The molecule has 0 spiro atoms. The Bertz CT molecular complexity index is 1060. The standard InChI is InChI=1S/C26H37N3O4S/c1-7-23(25(31)27-26(3,4)5)28(18-17-21-11-9-8-10-12-21)24(30)19-29(34(6,32)33)22-15-13-20(2)14-16-22/h8-16,23H,7,17-19H2,1-6H3,(H,27,31)/t23-/m0/s1. The highest BCUT2D eigenvalue weighted by Gasteiger charge is 2.32. The van der Waals surface area contributed by atoms with Crippen LogP contribution in [0.3, 0.4) is 0 Å². The molecule has 0 fully saturated rings. The minimum Gasteiger partial charge on any atom is -0.350 e. The summed E-state index contributed by atoms with van der Waals surface area (Å²) in [7, 11) is -3.72. The number of aryl methyl sites for hydroxylation is 1. The Labute approximate surface area is 204 Å². The van der Waals surface area contributed by atoms with E-state index in [0.29, 0.717) is 25.1 Å². The summed E-state index contributed by atoms with van der Waals surface area (Å²) in [5.74, 6) is -0.671. The van der Waals surface area contributed by atoms with Gasteiger partial charge in [-0.25, -0.2) is 8.42 Å². The SMILES string of the molecule is CC[C@@H](C(=O)NC(C)(C)C)N(CCc1ccccc1)C(=O)CN(c1ccc(C)cc1)S(C)(=O)=O. The fourth-order valence-corrected chi connectivity index (χ4v) is 4.52. The molecule has 0 radical (unpaired) electrons. The van der Waals surface area contributed by atoms with Crippen molar-refractivity contribution in [1.29, 1.82) is 0 Å². The van der Waals surface area contributed by atoms with Gasteiger partial charge in [0.05, 0.1) is 11.9 Å². The Kier molecular flexibility index (Phi) is 9.27. The van der Waals surface area contributed by atoms with Gasteiger partial charge in [0.1, 0.15) is 12.6 Å². The van der Waals surface area contributed by atoms with E-state index in [-0.39, 0.29) is 12.5 Å². The van der Waals surface area contributed by atoms with E-state index in [1.165, 1.54) is 4.90 Å². The maximum Gasteiger partial charge on any atom is 0.244 e. The van der Waals surface area contributed by atoms with Crippen molar-refractivity contribution in [2.24, 2.45) is 0 Å². The fraction of sp³-hybridized carbons (Fsp3) is 0.462. The average Bonchev–Trinajstić information content (AvgIpc) is 2.74. The van der Waals surface area contributed by atoms with Crippen LogP contribution < -0.4 is 9.62 Å². The number of rotatable bonds is 10. The summed E-state index contributed by atoms with van der Waals surface area (Å²) in [6.45, 7) is 9.33. The minimum atomic E-state index is -3.72. The lowest BCUT2D eigenvalue weighted by atomic mass is 10.1. The number of nitrogens with zero attached hydrogens (tertiary/aromatic N) is 2. The molecule has 2 rings (SSSR count). The molecule has 0 bridgehead atoms. The maximum absolute atomic E-state index is 13.6. The van der Waals surface area contributed by atoms with Crippen LogP contribution in [0.4, 0.5) is 5.69 Å². The van der Waals surface area contributed by atoms with Gasteiger partial charge in [-0.3, -0.25) is 13.9 Å². The Balaban J connectivity index is 2.36. The zero-order valence-electron chi connectivity index (χ0n) is 21.0. The van der Waals surface area contributed by atoms with Crippen LogP contribution in [0.15, 0.2) is 54.6 Å². The molecule has 2 aromatic rings. The molecule has 8 heteroatoms. The van der Waals surface area contributed by atoms with Crippen molar-refractivity contribution < 1.29 is 18.0 Å². The summed E-state index contributed by atoms with van der Waals surface area (Å²) >= 11 is 0. The predicted octanol–water partition coefficient (Wildman–Crippen LogP) is 3.53. The lowest BCUT2D eigenvalue weighted by Gasteiger charge is -2.34. The van der Waals surface area contributed by atoms with Crippen molar-refractivity contribution in [2.75, 3.05) is 23.7 Å². The summed E-state index contributed by atoms with van der Waals surface area (Å²) in [4.78, 5) is 28.2. The smallest absolute Gasteiger partial charge is 0.244 e. The molecule has 0 aromatic heterocycles. The molecule has 0 saturated heterocycles. The molecular formula is C26H37N3O4S. The van der Waals surface area contributed by atoms with Crippen LogP contribution in [0, 0.1) is 6.92 Å². The monoisotopic (exact) mass is 487 g/mol. The van der Waals surface area contributed by atoms with Gasteiger partial charge in [0.25, 0.3) is 0 Å². The summed E-state index contributed by atoms with van der Waals surface area (Å²) in [6, 6.07) is 16.0. The van der Waals surface area contributed by atoms with E-state index in [0.717, 1.165) is 21.7 Å². The van der Waals surface area contributed by atoms with Crippen molar-refractivity contribution in [3.05, 3.63) is 65.7 Å². The molecule has 0 saturated carbocycles. The Morgan fingerprint density at radius 1 is 1.00 bits per heavy atom. The van der Waals surface area contributed by atoms with Gasteiger partial charge in [0.15, 0.2) is 0 Å². The number of hydrogen-bond acceptors (Lipinski definition) is 4. The number of nitrogens with one attached hydrogen (secondary N) is 1. The van der Waals surface area contributed by atoms with Crippen molar-refractivity contribution in [1.82, 2.24) is 10.2 Å². The first-order valence-electron chi connectivity index (χ1n) is 11.5. The highest BCUT2D eigenvalue weighted by Crippen LogP contribution is 2.20. The van der Waals surface area contributed by atoms with Gasteiger partial charge in [-0.15, -0.1) is 0 Å². The predicted molar refractivity (Wildman–Crippen MR) is 137 cm³/mol. The van der Waals surface area contributed by atoms with Crippen molar-refractivity contribution >= 4 is 27.5 Å². The Hall–Kier alpha value is -2.87. The zero-order valence-corrected chi connectivity index (χ0v) is 21.9. The molecule has 2 amide bonds. The first kappa shape index (κ1) is 27.4. The van der Waals surface area contributed by atoms with Gasteiger partial charge in [0, 0.05) is 12.1 Å². The Morgan fingerprint density at radius 2 is 1.59 bits per heavy atom. The lowest BCUT2D eigenvalue weighted by Crippen LogP contribution is -2.56. The van der Waals surface area contributed by atoms with Crippen LogP contribution in [0.2, 0.25) is 0 Å². The molecule has 1 atom stereocenters. The fourth-order valence-electron chi connectivity index (χ4n) is 3.67. The van der Waals surface area contributed by atoms with Crippen LogP contribution in [-0.4, -0.2) is 56.1 Å². The van der Waals surface area contributed by atoms with Gasteiger partial charge < -0.3 is 10.2 Å². The van der Waals surface area contributed by atoms with E-state index in [1.807, 2.05) is 65.0 Å². The Morgan fingerprint density at radius 3 is 2.09 bits per heavy atom. The minimum absolute atomic E-state index is 0.252. The summed E-state index contributed by atoms with van der Waals surface area (Å²) < 4.78 is 26.3. The number of sulfonamides is 1. The molecule has 2 aromatic carbocycles. The quantitative estimate of drug-likeness (QED) is 0.556. The average molecular weight is 488 g/mol. The molecule has 0 unspecified atom stereocenters. The third-order valence-electron chi connectivity index (χ3n) is 5.37. The van der Waals surface area contributed by atoms with Crippen LogP contribution in [-0.2, 0) is 26.0 Å². The number of hydrogen-bond donors (Lipinski definition) is 1. The summed E-state index contributed by atoms with van der Waals surface area (Å²) in [5.41, 5.74) is 1.97. The van der Waals surface area contributed by atoms with E-state index in [4.69, 9.17) is 0 Å². The molecule has 1 N–H and O–H groups in total. The van der Waals surface area contributed by atoms with Crippen molar-refractivity contribution in [3.63, 3.8) is 0 Å². The van der Waals surface area contributed by atoms with Crippen LogP contribution in [0.1, 0.15) is 45.2 Å². The van der Waals surface area contributed by atoms with Gasteiger partial charge >= 0.3 is 0 Å². The van der Waals surface area contributed by atoms with Gasteiger partial charge in [-0.05, 0) is 58.2 Å². The highest BCUT2D eigenvalue weighted by atomic mass is 32.2. The summed E-state index contributed by atoms with van der Waals surface area (Å²) in [6.07, 6.45) is 2.04. The van der Waals surface area contributed by atoms with Gasteiger partial charge in [-0.2, -0.15) is 0 Å². The zero-order chi connectivity index (χ0) is 25.5. The van der Waals surface area contributed by atoms with Crippen LogP contribution in [0.5, 0.6) is 0 Å².